The van der Waals surface area contributed by atoms with Crippen molar-refractivity contribution >= 4 is 11.6 Å². The third-order valence-electron chi connectivity index (χ3n) is 3.06. The minimum Gasteiger partial charge on any atom is -0.364 e. The maximum absolute atomic E-state index is 13.1. The van der Waals surface area contributed by atoms with Gasteiger partial charge in [0.1, 0.15) is 0 Å². The van der Waals surface area contributed by atoms with Crippen LogP contribution in [0.1, 0.15) is 17.5 Å². The van der Waals surface area contributed by atoms with Gasteiger partial charge in [-0.15, -0.1) is 0 Å². The molecule has 5 heteroatoms. The van der Waals surface area contributed by atoms with Crippen molar-refractivity contribution in [3.8, 4) is 0 Å². The molecule has 1 aliphatic rings. The second-order valence-electron chi connectivity index (χ2n) is 3.80. The highest BCUT2D eigenvalue weighted by atomic mass is 35.5. The summed E-state index contributed by atoms with van der Waals surface area (Å²) in [4.78, 5) is 0. The molecular weight excluding hydrogens is 241 g/mol. The Morgan fingerprint density at radius 3 is 2.62 bits per heavy atom. The Balaban J connectivity index is 2.64. The van der Waals surface area contributed by atoms with Gasteiger partial charge in [-0.05, 0) is 24.5 Å². The predicted molar refractivity (Wildman–Crippen MR) is 54.5 cm³/mol. The topological polar surface area (TPSA) is 9.23 Å². The van der Waals surface area contributed by atoms with Gasteiger partial charge < -0.3 is 4.74 Å². The highest BCUT2D eigenvalue weighted by Crippen LogP contribution is 2.52. The van der Waals surface area contributed by atoms with E-state index in [1.165, 1.54) is 6.07 Å². The van der Waals surface area contributed by atoms with E-state index < -0.39 is 11.8 Å². The van der Waals surface area contributed by atoms with Gasteiger partial charge in [0.15, 0.2) is 5.60 Å². The molecule has 0 radical (unpaired) electrons. The first-order valence-corrected chi connectivity index (χ1v) is 5.20. The van der Waals surface area contributed by atoms with Crippen LogP contribution in [0, 0.1) is 0 Å². The Morgan fingerprint density at radius 2 is 2.06 bits per heavy atom. The van der Waals surface area contributed by atoms with Gasteiger partial charge in [0, 0.05) is 17.7 Å². The number of hydrogen-bond acceptors (Lipinski definition) is 1. The van der Waals surface area contributed by atoms with Crippen LogP contribution in [0.5, 0.6) is 0 Å². The lowest BCUT2D eigenvalue weighted by Crippen LogP contribution is -2.42. The largest absolute Gasteiger partial charge is 0.421 e. The number of hydrogen-bond donors (Lipinski definition) is 0. The van der Waals surface area contributed by atoms with Crippen molar-refractivity contribution in [1.82, 2.24) is 0 Å². The Labute approximate surface area is 96.2 Å². The lowest BCUT2D eigenvalue weighted by Gasteiger charge is -2.31. The summed E-state index contributed by atoms with van der Waals surface area (Å²) >= 11 is 5.86. The van der Waals surface area contributed by atoms with Gasteiger partial charge in [0.05, 0.1) is 0 Å². The standard InChI is InChI=1S/C11H10ClF3O/c1-16-10(11(13,14)15)6-5-7-3-2-4-8(12)9(7)10/h2-4H,5-6H2,1H3. The molecule has 1 atom stereocenters. The maximum atomic E-state index is 13.1. The third kappa shape index (κ3) is 1.44. The number of halogens is 4. The minimum absolute atomic E-state index is 0.0756. The first kappa shape index (κ1) is 11.7. The molecule has 1 nitrogen and oxygen atoms in total. The Hall–Kier alpha value is -0.740. The summed E-state index contributed by atoms with van der Waals surface area (Å²) in [7, 11) is 1.08. The van der Waals surface area contributed by atoms with Crippen LogP contribution >= 0.6 is 11.6 Å². The van der Waals surface area contributed by atoms with E-state index in [1.54, 1.807) is 12.1 Å². The fourth-order valence-electron chi connectivity index (χ4n) is 2.27. The van der Waals surface area contributed by atoms with Gasteiger partial charge in [0.25, 0.3) is 0 Å². The van der Waals surface area contributed by atoms with Gasteiger partial charge in [-0.3, -0.25) is 0 Å². The van der Waals surface area contributed by atoms with Crippen LogP contribution in [0.4, 0.5) is 13.2 Å². The molecule has 0 saturated carbocycles. The first-order valence-electron chi connectivity index (χ1n) is 4.82. The van der Waals surface area contributed by atoms with Crippen molar-refractivity contribution in [3.63, 3.8) is 0 Å². The van der Waals surface area contributed by atoms with Crippen molar-refractivity contribution in [3.05, 3.63) is 34.3 Å². The molecule has 0 spiro atoms. The summed E-state index contributed by atoms with van der Waals surface area (Å²) in [6.07, 6.45) is -4.21. The van der Waals surface area contributed by atoms with Crippen LogP contribution in [0.2, 0.25) is 5.02 Å². The van der Waals surface area contributed by atoms with Crippen LogP contribution in [-0.2, 0) is 16.8 Å². The molecule has 16 heavy (non-hydrogen) atoms. The van der Waals surface area contributed by atoms with E-state index in [0.717, 1.165) is 7.11 Å². The van der Waals surface area contributed by atoms with Crippen LogP contribution in [-0.4, -0.2) is 13.3 Å². The average molecular weight is 251 g/mol. The fraction of sp³-hybridized carbons (Fsp3) is 0.455. The summed E-state index contributed by atoms with van der Waals surface area (Å²) in [6, 6.07) is 4.78. The normalized spacial score (nSPS) is 24.6. The number of fused-ring (bicyclic) bond motifs is 1. The molecule has 2 rings (SSSR count). The van der Waals surface area contributed by atoms with Crippen LogP contribution in [0.3, 0.4) is 0 Å². The Bertz CT molecular complexity index is 416. The summed E-state index contributed by atoms with van der Waals surface area (Å²) in [6.45, 7) is 0. The molecule has 0 bridgehead atoms. The van der Waals surface area contributed by atoms with E-state index in [0.29, 0.717) is 12.0 Å². The highest BCUT2D eigenvalue weighted by molar-refractivity contribution is 6.31. The lowest BCUT2D eigenvalue weighted by atomic mass is 9.95. The SMILES string of the molecule is COC1(C(F)(F)F)CCc2cccc(Cl)c21. The Kier molecular flexibility index (Phi) is 2.67. The van der Waals surface area contributed by atoms with Gasteiger partial charge in [0.2, 0.25) is 0 Å². The Morgan fingerprint density at radius 1 is 1.38 bits per heavy atom. The van der Waals surface area contributed by atoms with E-state index in [2.05, 4.69) is 0 Å². The second kappa shape index (κ2) is 3.64. The van der Waals surface area contributed by atoms with Gasteiger partial charge in [-0.2, -0.15) is 13.2 Å². The molecule has 0 amide bonds. The summed E-state index contributed by atoms with van der Waals surface area (Å²) in [5, 5.41) is 0.120. The fourth-order valence-corrected chi connectivity index (χ4v) is 2.62. The third-order valence-corrected chi connectivity index (χ3v) is 3.37. The number of benzene rings is 1. The van der Waals surface area contributed by atoms with E-state index in [-0.39, 0.29) is 17.0 Å². The smallest absolute Gasteiger partial charge is 0.364 e. The number of methoxy groups -OCH3 is 1. The van der Waals surface area contributed by atoms with Gasteiger partial charge in [-0.25, -0.2) is 0 Å². The zero-order chi connectivity index (χ0) is 12.0. The van der Waals surface area contributed by atoms with Crippen LogP contribution < -0.4 is 0 Å². The monoisotopic (exact) mass is 250 g/mol. The second-order valence-corrected chi connectivity index (χ2v) is 4.21. The van der Waals surface area contributed by atoms with E-state index in [4.69, 9.17) is 16.3 Å². The highest BCUT2D eigenvalue weighted by Gasteiger charge is 2.60. The van der Waals surface area contributed by atoms with Crippen molar-refractivity contribution in [2.75, 3.05) is 7.11 Å². The number of aryl methyl sites for hydroxylation is 1. The van der Waals surface area contributed by atoms with Crippen LogP contribution in [0.25, 0.3) is 0 Å². The molecule has 0 aliphatic heterocycles. The number of ether oxygens (including phenoxy) is 1. The molecule has 0 heterocycles. The van der Waals surface area contributed by atoms with Crippen molar-refractivity contribution < 1.29 is 17.9 Å². The molecule has 0 N–H and O–H groups in total. The van der Waals surface area contributed by atoms with Crippen LogP contribution in [0.15, 0.2) is 18.2 Å². The van der Waals surface area contributed by atoms with Crippen molar-refractivity contribution in [2.45, 2.75) is 24.6 Å². The van der Waals surface area contributed by atoms with E-state index >= 15 is 0 Å². The molecule has 0 saturated heterocycles. The molecule has 88 valence electrons. The summed E-state index contributed by atoms with van der Waals surface area (Å²) < 4.78 is 44.0. The molecule has 1 aromatic carbocycles. The molecular formula is C11H10ClF3O. The lowest BCUT2D eigenvalue weighted by molar-refractivity contribution is -0.275. The average Bonchev–Trinajstić information content (AvgIpc) is 2.58. The zero-order valence-corrected chi connectivity index (χ0v) is 9.32. The first-order chi connectivity index (χ1) is 7.42. The molecule has 1 unspecified atom stereocenters. The molecule has 0 fully saturated rings. The predicted octanol–water partition coefficient (Wildman–Crippen LogP) is 3.69. The van der Waals surface area contributed by atoms with Crippen molar-refractivity contribution in [1.29, 1.82) is 0 Å². The molecule has 1 aromatic rings. The van der Waals surface area contributed by atoms with Crippen molar-refractivity contribution in [2.24, 2.45) is 0 Å². The summed E-state index contributed by atoms with van der Waals surface area (Å²) in [5.41, 5.74) is -1.54. The minimum atomic E-state index is -4.45. The molecule has 1 aliphatic carbocycles. The van der Waals surface area contributed by atoms with Gasteiger partial charge in [-0.1, -0.05) is 23.7 Å². The van der Waals surface area contributed by atoms with Gasteiger partial charge >= 0.3 is 6.18 Å². The molecule has 0 aromatic heterocycles. The van der Waals surface area contributed by atoms with E-state index in [9.17, 15) is 13.2 Å². The summed E-state index contributed by atoms with van der Waals surface area (Å²) in [5.74, 6) is 0. The maximum Gasteiger partial charge on any atom is 0.421 e. The number of rotatable bonds is 1. The number of alkyl halides is 3. The quantitative estimate of drug-likeness (QED) is 0.739. The van der Waals surface area contributed by atoms with E-state index in [1.807, 2.05) is 0 Å². The zero-order valence-electron chi connectivity index (χ0n) is 8.57.